The topological polar surface area (TPSA) is 64.1 Å². The van der Waals surface area contributed by atoms with Crippen LogP contribution in [0.15, 0.2) is 30.3 Å². The second kappa shape index (κ2) is 4.74. The van der Waals surface area contributed by atoms with Gasteiger partial charge in [0, 0.05) is 5.69 Å². The van der Waals surface area contributed by atoms with Gasteiger partial charge in [-0.25, -0.2) is 0 Å². The highest BCUT2D eigenvalue weighted by atomic mass is 15.0. The lowest BCUT2D eigenvalue weighted by molar-refractivity contribution is 0.689. The van der Waals surface area contributed by atoms with Gasteiger partial charge in [0.25, 0.3) is 0 Å². The molecule has 0 aliphatic carbocycles. The van der Waals surface area contributed by atoms with Crippen molar-refractivity contribution in [2.75, 3.05) is 11.9 Å². The molecule has 0 aliphatic rings. The van der Waals surface area contributed by atoms with Crippen molar-refractivity contribution in [3.63, 3.8) is 0 Å². The SMILES string of the molecule is NCCC(N)Nc1ccccc1. The monoisotopic (exact) mass is 165 g/mol. The van der Waals surface area contributed by atoms with Gasteiger partial charge in [-0.05, 0) is 25.1 Å². The van der Waals surface area contributed by atoms with E-state index < -0.39 is 0 Å². The number of para-hydroxylation sites is 1. The molecule has 0 heterocycles. The molecule has 1 aromatic carbocycles. The first-order valence-corrected chi connectivity index (χ1v) is 4.10. The van der Waals surface area contributed by atoms with Crippen LogP contribution in [0.25, 0.3) is 0 Å². The molecule has 0 bridgehead atoms. The van der Waals surface area contributed by atoms with Crippen molar-refractivity contribution >= 4 is 5.69 Å². The zero-order chi connectivity index (χ0) is 8.81. The van der Waals surface area contributed by atoms with E-state index in [1.165, 1.54) is 0 Å². The van der Waals surface area contributed by atoms with Crippen molar-refractivity contribution in [2.45, 2.75) is 12.6 Å². The Hall–Kier alpha value is -1.06. The number of benzene rings is 1. The molecule has 1 rings (SSSR count). The molecule has 0 radical (unpaired) electrons. The van der Waals surface area contributed by atoms with Crippen molar-refractivity contribution in [3.05, 3.63) is 30.3 Å². The molecular weight excluding hydrogens is 150 g/mol. The normalized spacial score (nSPS) is 12.5. The highest BCUT2D eigenvalue weighted by Gasteiger charge is 1.98. The van der Waals surface area contributed by atoms with Gasteiger partial charge in [-0.1, -0.05) is 18.2 Å². The third-order valence-corrected chi connectivity index (χ3v) is 1.60. The van der Waals surface area contributed by atoms with E-state index in [-0.39, 0.29) is 6.17 Å². The van der Waals surface area contributed by atoms with Crippen LogP contribution in [-0.4, -0.2) is 12.7 Å². The molecule has 1 atom stereocenters. The average molecular weight is 165 g/mol. The van der Waals surface area contributed by atoms with Crippen molar-refractivity contribution in [2.24, 2.45) is 11.5 Å². The minimum atomic E-state index is -0.0441. The summed E-state index contributed by atoms with van der Waals surface area (Å²) in [5.74, 6) is 0. The van der Waals surface area contributed by atoms with Gasteiger partial charge in [0.15, 0.2) is 0 Å². The molecule has 5 N–H and O–H groups in total. The standard InChI is InChI=1S/C9H15N3/c10-7-6-9(11)12-8-4-2-1-3-5-8/h1-5,9,12H,6-7,10-11H2. The largest absolute Gasteiger partial charge is 0.370 e. The van der Waals surface area contributed by atoms with Gasteiger partial charge in [0.05, 0.1) is 6.17 Å². The molecule has 0 amide bonds. The number of hydrogen-bond acceptors (Lipinski definition) is 3. The minimum absolute atomic E-state index is 0.0441. The number of nitrogens with two attached hydrogens (primary N) is 2. The molecule has 66 valence electrons. The minimum Gasteiger partial charge on any atom is -0.370 e. The average Bonchev–Trinajstić information content (AvgIpc) is 2.06. The van der Waals surface area contributed by atoms with Gasteiger partial charge in [-0.3, -0.25) is 0 Å². The fourth-order valence-corrected chi connectivity index (χ4v) is 1.00. The lowest BCUT2D eigenvalue weighted by atomic mass is 10.3. The van der Waals surface area contributed by atoms with Crippen molar-refractivity contribution in [1.29, 1.82) is 0 Å². The van der Waals surface area contributed by atoms with Crippen LogP contribution in [0.1, 0.15) is 6.42 Å². The van der Waals surface area contributed by atoms with Crippen LogP contribution in [-0.2, 0) is 0 Å². The smallest absolute Gasteiger partial charge is 0.0755 e. The van der Waals surface area contributed by atoms with E-state index >= 15 is 0 Å². The third-order valence-electron chi connectivity index (χ3n) is 1.60. The van der Waals surface area contributed by atoms with Crippen LogP contribution < -0.4 is 16.8 Å². The quantitative estimate of drug-likeness (QED) is 0.576. The molecule has 3 heteroatoms. The fourth-order valence-electron chi connectivity index (χ4n) is 1.00. The summed E-state index contributed by atoms with van der Waals surface area (Å²) in [6.07, 6.45) is 0.743. The Morgan fingerprint density at radius 1 is 1.25 bits per heavy atom. The Labute approximate surface area is 72.8 Å². The summed E-state index contributed by atoms with van der Waals surface area (Å²) in [6.45, 7) is 0.612. The Morgan fingerprint density at radius 2 is 1.92 bits per heavy atom. The first-order valence-electron chi connectivity index (χ1n) is 4.10. The van der Waals surface area contributed by atoms with Crippen molar-refractivity contribution in [1.82, 2.24) is 0 Å². The Balaban J connectivity index is 2.41. The van der Waals surface area contributed by atoms with Gasteiger partial charge < -0.3 is 16.8 Å². The van der Waals surface area contributed by atoms with Crippen LogP contribution in [0.5, 0.6) is 0 Å². The summed E-state index contributed by atoms with van der Waals surface area (Å²) in [6, 6.07) is 9.88. The second-order valence-electron chi connectivity index (χ2n) is 2.69. The Morgan fingerprint density at radius 3 is 2.50 bits per heavy atom. The molecule has 1 unspecified atom stereocenters. The Kier molecular flexibility index (Phi) is 3.57. The number of nitrogens with one attached hydrogen (secondary N) is 1. The summed E-state index contributed by atoms with van der Waals surface area (Å²) >= 11 is 0. The van der Waals surface area contributed by atoms with E-state index in [0.29, 0.717) is 6.54 Å². The van der Waals surface area contributed by atoms with E-state index in [2.05, 4.69) is 5.32 Å². The van der Waals surface area contributed by atoms with E-state index in [9.17, 15) is 0 Å². The molecule has 3 nitrogen and oxygen atoms in total. The fraction of sp³-hybridized carbons (Fsp3) is 0.333. The van der Waals surface area contributed by atoms with E-state index in [0.717, 1.165) is 12.1 Å². The van der Waals surface area contributed by atoms with Crippen molar-refractivity contribution in [3.8, 4) is 0 Å². The second-order valence-corrected chi connectivity index (χ2v) is 2.69. The van der Waals surface area contributed by atoms with Crippen LogP contribution in [0.3, 0.4) is 0 Å². The summed E-state index contributed by atoms with van der Waals surface area (Å²) in [5, 5.41) is 3.14. The number of anilines is 1. The zero-order valence-electron chi connectivity index (χ0n) is 7.03. The maximum absolute atomic E-state index is 5.73. The van der Waals surface area contributed by atoms with Crippen LogP contribution in [0, 0.1) is 0 Å². The Bertz CT molecular complexity index is 210. The van der Waals surface area contributed by atoms with Gasteiger partial charge in [-0.2, -0.15) is 0 Å². The molecule has 0 saturated heterocycles. The molecule has 12 heavy (non-hydrogen) atoms. The van der Waals surface area contributed by atoms with Gasteiger partial charge in [0.2, 0.25) is 0 Å². The molecule has 0 saturated carbocycles. The maximum Gasteiger partial charge on any atom is 0.0755 e. The lowest BCUT2D eigenvalue weighted by Crippen LogP contribution is -2.31. The summed E-state index contributed by atoms with van der Waals surface area (Å²) < 4.78 is 0. The summed E-state index contributed by atoms with van der Waals surface area (Å²) in [4.78, 5) is 0. The van der Waals surface area contributed by atoms with E-state index in [1.807, 2.05) is 30.3 Å². The van der Waals surface area contributed by atoms with Gasteiger partial charge >= 0.3 is 0 Å². The summed E-state index contributed by atoms with van der Waals surface area (Å²) in [5.41, 5.74) is 12.1. The van der Waals surface area contributed by atoms with E-state index in [1.54, 1.807) is 0 Å². The third kappa shape index (κ3) is 2.90. The number of rotatable bonds is 4. The van der Waals surface area contributed by atoms with E-state index in [4.69, 9.17) is 11.5 Å². The lowest BCUT2D eigenvalue weighted by Gasteiger charge is -2.13. The first kappa shape index (κ1) is 9.03. The molecule has 1 aromatic rings. The van der Waals surface area contributed by atoms with Gasteiger partial charge in [0.1, 0.15) is 0 Å². The molecular formula is C9H15N3. The molecule has 0 fully saturated rings. The van der Waals surface area contributed by atoms with Crippen LogP contribution >= 0.6 is 0 Å². The van der Waals surface area contributed by atoms with Gasteiger partial charge in [-0.15, -0.1) is 0 Å². The highest BCUT2D eigenvalue weighted by molar-refractivity contribution is 5.42. The first-order chi connectivity index (χ1) is 5.83. The summed E-state index contributed by atoms with van der Waals surface area (Å²) in [7, 11) is 0. The number of hydrogen-bond donors (Lipinski definition) is 3. The maximum atomic E-state index is 5.73. The molecule has 0 aliphatic heterocycles. The molecule has 0 spiro atoms. The highest BCUT2D eigenvalue weighted by Crippen LogP contribution is 2.05. The predicted molar refractivity (Wildman–Crippen MR) is 51.7 cm³/mol. The molecule has 0 aromatic heterocycles. The van der Waals surface area contributed by atoms with Crippen LogP contribution in [0.4, 0.5) is 5.69 Å². The predicted octanol–water partition coefficient (Wildman–Crippen LogP) is 0.732. The zero-order valence-corrected chi connectivity index (χ0v) is 7.03. The van der Waals surface area contributed by atoms with Crippen molar-refractivity contribution < 1.29 is 0 Å². The van der Waals surface area contributed by atoms with Crippen LogP contribution in [0.2, 0.25) is 0 Å².